The van der Waals surface area contributed by atoms with Crippen molar-refractivity contribution in [1.82, 2.24) is 23.0 Å². The summed E-state index contributed by atoms with van der Waals surface area (Å²) in [6, 6.07) is 4.74. The third kappa shape index (κ3) is 4.14. The predicted octanol–water partition coefficient (Wildman–Crippen LogP) is -1.52. The first-order valence-corrected chi connectivity index (χ1v) is 10.1. The first-order chi connectivity index (χ1) is 12.4. The normalized spacial score (nSPS) is 21.0. The summed E-state index contributed by atoms with van der Waals surface area (Å²) in [4.78, 5) is 27.8. The summed E-state index contributed by atoms with van der Waals surface area (Å²) < 4.78 is 29.8. The lowest BCUT2D eigenvalue weighted by Gasteiger charge is -2.39. The first kappa shape index (κ1) is 19.0. The van der Waals surface area contributed by atoms with Crippen LogP contribution in [0.15, 0.2) is 29.2 Å². The van der Waals surface area contributed by atoms with E-state index in [1.54, 1.807) is 23.2 Å². The van der Waals surface area contributed by atoms with Gasteiger partial charge in [0.1, 0.15) is 6.54 Å². The highest BCUT2D eigenvalue weighted by atomic mass is 32.2. The lowest BCUT2D eigenvalue weighted by Crippen LogP contribution is -2.57. The van der Waals surface area contributed by atoms with E-state index in [0.29, 0.717) is 26.2 Å². The Bertz CT molecular complexity index is 793. The minimum atomic E-state index is -3.48. The summed E-state index contributed by atoms with van der Waals surface area (Å²) in [5, 5.41) is 0. The molecule has 3 rings (SSSR count). The molecule has 0 unspecified atom stereocenters. The van der Waals surface area contributed by atoms with Crippen LogP contribution in [-0.4, -0.2) is 96.7 Å². The van der Waals surface area contributed by atoms with Gasteiger partial charge in [0.05, 0.1) is 0 Å². The van der Waals surface area contributed by atoms with Gasteiger partial charge in [-0.3, -0.25) is 9.59 Å². The number of hydrogen-bond acceptors (Lipinski definition) is 5. The van der Waals surface area contributed by atoms with Crippen molar-refractivity contribution in [1.29, 1.82) is 0 Å². The largest absolute Gasteiger partial charge is 0.338 e. The molecule has 0 aromatic carbocycles. The Hall–Kier alpha value is -1.75. The first-order valence-electron chi connectivity index (χ1n) is 8.75. The Kier molecular flexibility index (Phi) is 5.76. The van der Waals surface area contributed by atoms with Crippen LogP contribution in [0.2, 0.25) is 0 Å². The molecule has 2 aliphatic heterocycles. The van der Waals surface area contributed by atoms with Crippen LogP contribution in [-0.2, 0) is 21.5 Å². The van der Waals surface area contributed by atoms with Gasteiger partial charge < -0.3 is 14.4 Å². The number of carbonyl (C=O) groups is 1. The van der Waals surface area contributed by atoms with Crippen LogP contribution in [0.1, 0.15) is 0 Å². The molecule has 0 atom stereocenters. The third-order valence-electron chi connectivity index (χ3n) is 4.91. The van der Waals surface area contributed by atoms with Crippen molar-refractivity contribution in [2.75, 3.05) is 59.4 Å². The van der Waals surface area contributed by atoms with Gasteiger partial charge in [0.15, 0.2) is 0 Å². The molecule has 26 heavy (non-hydrogen) atoms. The van der Waals surface area contributed by atoms with Crippen LogP contribution in [0.3, 0.4) is 0 Å². The van der Waals surface area contributed by atoms with Crippen LogP contribution in [0.4, 0.5) is 0 Å². The van der Waals surface area contributed by atoms with Gasteiger partial charge in [0.25, 0.3) is 15.8 Å². The SMILES string of the molecule is CN1CCN(S(=O)(=O)N2CCN(C(=O)Cn3ccccc3=O)CC2)CC1. The van der Waals surface area contributed by atoms with Gasteiger partial charge in [-0.05, 0) is 13.1 Å². The fourth-order valence-corrected chi connectivity index (χ4v) is 4.76. The molecule has 0 spiro atoms. The minimum absolute atomic E-state index is 0.0229. The third-order valence-corrected chi connectivity index (χ3v) is 6.95. The lowest BCUT2D eigenvalue weighted by atomic mass is 10.3. The number of likely N-dealkylation sites (N-methyl/N-ethyl adjacent to an activating group) is 1. The molecule has 0 aliphatic carbocycles. The second kappa shape index (κ2) is 7.87. The van der Waals surface area contributed by atoms with Gasteiger partial charge in [0, 0.05) is 64.6 Å². The fraction of sp³-hybridized carbons (Fsp3) is 0.625. The van der Waals surface area contributed by atoms with Crippen molar-refractivity contribution in [3.63, 3.8) is 0 Å². The number of rotatable bonds is 4. The van der Waals surface area contributed by atoms with Crippen molar-refractivity contribution < 1.29 is 13.2 Å². The monoisotopic (exact) mass is 383 g/mol. The van der Waals surface area contributed by atoms with E-state index in [1.165, 1.54) is 19.2 Å². The van der Waals surface area contributed by atoms with Gasteiger partial charge in [-0.1, -0.05) is 6.07 Å². The van der Waals surface area contributed by atoms with Crippen molar-refractivity contribution in [2.45, 2.75) is 6.54 Å². The second-order valence-corrected chi connectivity index (χ2v) is 8.59. The van der Waals surface area contributed by atoms with E-state index < -0.39 is 10.2 Å². The maximum atomic E-state index is 12.7. The summed E-state index contributed by atoms with van der Waals surface area (Å²) in [7, 11) is -1.50. The van der Waals surface area contributed by atoms with E-state index in [-0.39, 0.29) is 31.1 Å². The molecular weight excluding hydrogens is 358 g/mol. The second-order valence-electron chi connectivity index (χ2n) is 6.66. The predicted molar refractivity (Wildman–Crippen MR) is 96.8 cm³/mol. The molecule has 0 N–H and O–H groups in total. The topological polar surface area (TPSA) is 86.2 Å². The molecule has 0 saturated carbocycles. The van der Waals surface area contributed by atoms with Crippen LogP contribution < -0.4 is 5.56 Å². The minimum Gasteiger partial charge on any atom is -0.338 e. The molecule has 2 aliphatic rings. The highest BCUT2D eigenvalue weighted by Gasteiger charge is 2.34. The molecule has 1 amide bonds. The smallest absolute Gasteiger partial charge is 0.282 e. The van der Waals surface area contributed by atoms with E-state index in [2.05, 4.69) is 4.90 Å². The average Bonchev–Trinajstić information content (AvgIpc) is 2.64. The Morgan fingerprint density at radius 2 is 1.54 bits per heavy atom. The van der Waals surface area contributed by atoms with Gasteiger partial charge in [-0.25, -0.2) is 0 Å². The number of amides is 1. The standard InChI is InChI=1S/C16H25N5O4S/c1-17-6-10-20(11-7-17)26(24,25)21-12-8-18(9-13-21)16(23)14-19-5-3-2-4-15(19)22/h2-5H,6-14H2,1H3. The van der Waals surface area contributed by atoms with Crippen LogP contribution >= 0.6 is 0 Å². The Morgan fingerprint density at radius 1 is 0.962 bits per heavy atom. The van der Waals surface area contributed by atoms with Gasteiger partial charge in [-0.2, -0.15) is 17.0 Å². The number of piperazine rings is 2. The number of hydrogen-bond donors (Lipinski definition) is 0. The van der Waals surface area contributed by atoms with E-state index in [9.17, 15) is 18.0 Å². The number of aromatic nitrogens is 1. The Balaban J connectivity index is 1.56. The van der Waals surface area contributed by atoms with E-state index in [0.717, 1.165) is 13.1 Å². The number of carbonyl (C=O) groups excluding carboxylic acids is 1. The van der Waals surface area contributed by atoms with Crippen molar-refractivity contribution >= 4 is 16.1 Å². The van der Waals surface area contributed by atoms with E-state index >= 15 is 0 Å². The molecule has 0 radical (unpaired) electrons. The van der Waals surface area contributed by atoms with Crippen molar-refractivity contribution in [3.8, 4) is 0 Å². The van der Waals surface area contributed by atoms with Crippen LogP contribution in [0.5, 0.6) is 0 Å². The molecule has 1 aromatic rings. The molecule has 1 aromatic heterocycles. The molecular formula is C16H25N5O4S. The molecule has 144 valence electrons. The molecule has 2 saturated heterocycles. The van der Waals surface area contributed by atoms with Gasteiger partial charge in [-0.15, -0.1) is 0 Å². The molecule has 10 heteroatoms. The summed E-state index contributed by atoms with van der Waals surface area (Å²) in [6.07, 6.45) is 1.58. The highest BCUT2D eigenvalue weighted by Crippen LogP contribution is 2.14. The molecule has 3 heterocycles. The summed E-state index contributed by atoms with van der Waals surface area (Å²) in [5.41, 5.74) is -0.225. The molecule has 0 bridgehead atoms. The lowest BCUT2D eigenvalue weighted by molar-refractivity contribution is -0.133. The summed E-state index contributed by atoms with van der Waals surface area (Å²) in [5.74, 6) is -0.171. The average molecular weight is 383 g/mol. The fourth-order valence-electron chi connectivity index (χ4n) is 3.19. The quantitative estimate of drug-likeness (QED) is 0.631. The van der Waals surface area contributed by atoms with Gasteiger partial charge in [0.2, 0.25) is 5.91 Å². The summed E-state index contributed by atoms with van der Waals surface area (Å²) in [6.45, 7) is 3.66. The van der Waals surface area contributed by atoms with Crippen LogP contribution in [0.25, 0.3) is 0 Å². The van der Waals surface area contributed by atoms with Crippen molar-refractivity contribution in [3.05, 3.63) is 34.7 Å². The Morgan fingerprint density at radius 3 is 2.12 bits per heavy atom. The molecule has 9 nitrogen and oxygen atoms in total. The number of pyridine rings is 1. The maximum absolute atomic E-state index is 12.7. The van der Waals surface area contributed by atoms with E-state index in [4.69, 9.17) is 0 Å². The van der Waals surface area contributed by atoms with E-state index in [1.807, 2.05) is 7.05 Å². The maximum Gasteiger partial charge on any atom is 0.282 e. The van der Waals surface area contributed by atoms with Gasteiger partial charge >= 0.3 is 0 Å². The summed E-state index contributed by atoms with van der Waals surface area (Å²) >= 11 is 0. The van der Waals surface area contributed by atoms with Crippen molar-refractivity contribution in [2.24, 2.45) is 0 Å². The number of nitrogens with zero attached hydrogens (tertiary/aromatic N) is 5. The van der Waals surface area contributed by atoms with Crippen LogP contribution in [0, 0.1) is 0 Å². The zero-order valence-corrected chi connectivity index (χ0v) is 15.8. The zero-order valence-electron chi connectivity index (χ0n) is 15.0. The zero-order chi connectivity index (χ0) is 18.7. The Labute approximate surface area is 153 Å². The highest BCUT2D eigenvalue weighted by molar-refractivity contribution is 7.86. The molecule has 2 fully saturated rings.